The van der Waals surface area contributed by atoms with Crippen LogP contribution >= 0.6 is 34.8 Å². The van der Waals surface area contributed by atoms with Gasteiger partial charge in [-0.3, -0.25) is 9.59 Å². The maximum atomic E-state index is 11.9. The molecule has 0 saturated carbocycles. The minimum Gasteiger partial charge on any atom is -0.484 e. The van der Waals surface area contributed by atoms with E-state index in [-0.39, 0.29) is 22.3 Å². The molecule has 0 aliphatic carbocycles. The van der Waals surface area contributed by atoms with Gasteiger partial charge in [-0.05, 0) is 36.4 Å². The van der Waals surface area contributed by atoms with Crippen LogP contribution in [-0.4, -0.2) is 18.8 Å². The van der Waals surface area contributed by atoms with Gasteiger partial charge < -0.3 is 10.1 Å². The van der Waals surface area contributed by atoms with Crippen LogP contribution in [0.5, 0.6) is 5.75 Å². The number of carbonyl (C=O) groups is 2. The van der Waals surface area contributed by atoms with Crippen LogP contribution in [-0.2, 0) is 4.79 Å². The molecule has 2 rings (SSSR count). The SMILES string of the molecule is O=Cc1ccc(OCC(=O)Nc2c(Cl)cc(Cl)cc2Cl)cc1. The van der Waals surface area contributed by atoms with Gasteiger partial charge in [0.25, 0.3) is 5.91 Å². The molecule has 22 heavy (non-hydrogen) atoms. The Morgan fingerprint density at radius 1 is 1.09 bits per heavy atom. The van der Waals surface area contributed by atoms with E-state index in [9.17, 15) is 9.59 Å². The minimum atomic E-state index is -0.425. The van der Waals surface area contributed by atoms with Gasteiger partial charge in [0.2, 0.25) is 0 Å². The second-order valence-corrected chi connectivity index (χ2v) is 5.52. The Morgan fingerprint density at radius 2 is 1.68 bits per heavy atom. The summed E-state index contributed by atoms with van der Waals surface area (Å²) < 4.78 is 5.30. The number of ether oxygens (including phenoxy) is 1. The molecule has 0 aliphatic heterocycles. The number of halogens is 3. The highest BCUT2D eigenvalue weighted by Gasteiger charge is 2.11. The molecule has 0 fully saturated rings. The third-order valence-corrected chi connectivity index (χ3v) is 3.47. The van der Waals surface area contributed by atoms with Gasteiger partial charge >= 0.3 is 0 Å². The van der Waals surface area contributed by atoms with Gasteiger partial charge in [-0.25, -0.2) is 0 Å². The van der Waals surface area contributed by atoms with E-state index in [2.05, 4.69) is 5.32 Å². The summed E-state index contributed by atoms with van der Waals surface area (Å²) in [6.45, 7) is -0.226. The lowest BCUT2D eigenvalue weighted by Crippen LogP contribution is -2.20. The second kappa shape index (κ2) is 7.49. The monoisotopic (exact) mass is 357 g/mol. The fraction of sp³-hybridized carbons (Fsp3) is 0.0667. The largest absolute Gasteiger partial charge is 0.484 e. The van der Waals surface area contributed by atoms with Crippen molar-refractivity contribution < 1.29 is 14.3 Å². The Bertz CT molecular complexity index is 679. The van der Waals surface area contributed by atoms with Crippen LogP contribution in [0.15, 0.2) is 36.4 Å². The topological polar surface area (TPSA) is 55.4 Å². The fourth-order valence-electron chi connectivity index (χ4n) is 1.63. The van der Waals surface area contributed by atoms with Crippen LogP contribution in [0, 0.1) is 0 Å². The van der Waals surface area contributed by atoms with Crippen LogP contribution in [0.1, 0.15) is 10.4 Å². The minimum absolute atomic E-state index is 0.226. The summed E-state index contributed by atoms with van der Waals surface area (Å²) in [5, 5.41) is 3.40. The van der Waals surface area contributed by atoms with Gasteiger partial charge in [0.15, 0.2) is 6.61 Å². The predicted molar refractivity (Wildman–Crippen MR) is 87.4 cm³/mol. The molecular formula is C15H10Cl3NO3. The van der Waals surface area contributed by atoms with E-state index in [0.29, 0.717) is 16.3 Å². The first-order valence-corrected chi connectivity index (χ1v) is 7.25. The first-order valence-electron chi connectivity index (χ1n) is 6.12. The molecule has 7 heteroatoms. The van der Waals surface area contributed by atoms with Crippen molar-refractivity contribution in [2.75, 3.05) is 11.9 Å². The second-order valence-electron chi connectivity index (χ2n) is 4.27. The zero-order chi connectivity index (χ0) is 16.1. The average Bonchev–Trinajstić information content (AvgIpc) is 2.49. The molecule has 4 nitrogen and oxygen atoms in total. The predicted octanol–water partition coefficient (Wildman–Crippen LogP) is 4.48. The summed E-state index contributed by atoms with van der Waals surface area (Å²) in [6, 6.07) is 9.33. The summed E-state index contributed by atoms with van der Waals surface area (Å²) in [5.74, 6) is 0.0413. The Morgan fingerprint density at radius 3 is 2.23 bits per heavy atom. The van der Waals surface area contributed by atoms with E-state index >= 15 is 0 Å². The molecular weight excluding hydrogens is 349 g/mol. The van der Waals surface area contributed by atoms with Crippen molar-refractivity contribution in [3.63, 3.8) is 0 Å². The highest BCUT2D eigenvalue weighted by molar-refractivity contribution is 6.42. The highest BCUT2D eigenvalue weighted by atomic mass is 35.5. The van der Waals surface area contributed by atoms with Gasteiger partial charge in [0, 0.05) is 10.6 Å². The van der Waals surface area contributed by atoms with Crippen molar-refractivity contribution in [1.29, 1.82) is 0 Å². The first-order chi connectivity index (χ1) is 10.5. The summed E-state index contributed by atoms with van der Waals surface area (Å²) in [5.41, 5.74) is 0.800. The van der Waals surface area contributed by atoms with E-state index in [1.165, 1.54) is 12.1 Å². The van der Waals surface area contributed by atoms with Gasteiger partial charge in [0.05, 0.1) is 15.7 Å². The summed E-state index contributed by atoms with van der Waals surface area (Å²) in [6.07, 6.45) is 0.723. The molecule has 2 aromatic carbocycles. The number of aldehydes is 1. The highest BCUT2D eigenvalue weighted by Crippen LogP contribution is 2.33. The maximum Gasteiger partial charge on any atom is 0.262 e. The van der Waals surface area contributed by atoms with Crippen molar-refractivity contribution in [2.45, 2.75) is 0 Å². The third-order valence-electron chi connectivity index (χ3n) is 2.66. The molecule has 0 aromatic heterocycles. The van der Waals surface area contributed by atoms with E-state index in [4.69, 9.17) is 39.5 Å². The van der Waals surface area contributed by atoms with Gasteiger partial charge in [-0.15, -0.1) is 0 Å². The fourth-order valence-corrected chi connectivity index (χ4v) is 2.54. The van der Waals surface area contributed by atoms with E-state index in [0.717, 1.165) is 6.29 Å². The van der Waals surface area contributed by atoms with E-state index < -0.39 is 5.91 Å². The van der Waals surface area contributed by atoms with Crippen molar-refractivity contribution in [2.24, 2.45) is 0 Å². The summed E-state index contributed by atoms with van der Waals surface area (Å²) in [7, 11) is 0. The van der Waals surface area contributed by atoms with Crippen molar-refractivity contribution in [3.05, 3.63) is 57.0 Å². The number of hydrogen-bond acceptors (Lipinski definition) is 3. The van der Waals surface area contributed by atoms with Crippen molar-refractivity contribution in [1.82, 2.24) is 0 Å². The molecule has 0 unspecified atom stereocenters. The lowest BCUT2D eigenvalue weighted by Gasteiger charge is -2.10. The van der Waals surface area contributed by atoms with E-state index in [1.807, 2.05) is 0 Å². The maximum absolute atomic E-state index is 11.9. The molecule has 114 valence electrons. The third kappa shape index (κ3) is 4.37. The molecule has 0 saturated heterocycles. The molecule has 0 spiro atoms. The Balaban J connectivity index is 1.97. The number of rotatable bonds is 5. The van der Waals surface area contributed by atoms with Crippen LogP contribution < -0.4 is 10.1 Å². The molecule has 0 atom stereocenters. The Kier molecular flexibility index (Phi) is 5.66. The van der Waals surface area contributed by atoms with Crippen molar-refractivity contribution >= 4 is 52.7 Å². The van der Waals surface area contributed by atoms with Gasteiger partial charge in [-0.1, -0.05) is 34.8 Å². The van der Waals surface area contributed by atoms with Gasteiger partial charge in [0.1, 0.15) is 12.0 Å². The molecule has 0 radical (unpaired) electrons. The zero-order valence-electron chi connectivity index (χ0n) is 11.1. The normalized spacial score (nSPS) is 10.1. The number of nitrogens with one attached hydrogen (secondary N) is 1. The smallest absolute Gasteiger partial charge is 0.262 e. The standard InChI is InChI=1S/C15H10Cl3NO3/c16-10-5-12(17)15(13(18)6-10)19-14(21)8-22-11-3-1-9(7-20)2-4-11/h1-7H,8H2,(H,19,21). The number of amides is 1. The van der Waals surface area contributed by atoms with E-state index in [1.54, 1.807) is 24.3 Å². The number of benzene rings is 2. The molecule has 0 heterocycles. The molecule has 0 aliphatic rings. The van der Waals surface area contributed by atoms with Crippen molar-refractivity contribution in [3.8, 4) is 5.75 Å². The van der Waals surface area contributed by atoms with Crippen LogP contribution in [0.2, 0.25) is 15.1 Å². The summed E-state index contributed by atoms with van der Waals surface area (Å²) >= 11 is 17.7. The average molecular weight is 359 g/mol. The van der Waals surface area contributed by atoms with Crippen LogP contribution in [0.25, 0.3) is 0 Å². The molecule has 0 bridgehead atoms. The lowest BCUT2D eigenvalue weighted by molar-refractivity contribution is -0.118. The molecule has 1 amide bonds. The van der Waals surface area contributed by atoms with Crippen LogP contribution in [0.4, 0.5) is 5.69 Å². The Hall–Kier alpha value is -1.75. The number of hydrogen-bond donors (Lipinski definition) is 1. The zero-order valence-corrected chi connectivity index (χ0v) is 13.4. The number of carbonyl (C=O) groups excluding carboxylic acids is 2. The lowest BCUT2D eigenvalue weighted by atomic mass is 10.2. The number of anilines is 1. The van der Waals surface area contributed by atoms with Gasteiger partial charge in [-0.2, -0.15) is 0 Å². The quantitative estimate of drug-likeness (QED) is 0.802. The summed E-state index contributed by atoms with van der Waals surface area (Å²) in [4.78, 5) is 22.4. The molecule has 1 N–H and O–H groups in total. The first kappa shape index (κ1) is 16.6. The van der Waals surface area contributed by atoms with Crippen LogP contribution in [0.3, 0.4) is 0 Å². The molecule has 2 aromatic rings. The Labute approximate surface area is 141 Å².